The highest BCUT2D eigenvalue weighted by molar-refractivity contribution is 9.10. The molecule has 1 aliphatic rings. The number of benzene rings is 2. The van der Waals surface area contributed by atoms with Gasteiger partial charge in [-0.15, -0.1) is 0 Å². The molecule has 0 radical (unpaired) electrons. The summed E-state index contributed by atoms with van der Waals surface area (Å²) >= 11 is 8.58. The molecule has 0 fully saturated rings. The van der Waals surface area contributed by atoms with Crippen LogP contribution in [0.4, 0.5) is 0 Å². The van der Waals surface area contributed by atoms with Crippen molar-refractivity contribution in [1.82, 2.24) is 16.1 Å². The van der Waals surface area contributed by atoms with Crippen LogP contribution in [0.2, 0.25) is 0 Å². The number of ether oxygens (including phenoxy) is 3. The zero-order valence-electron chi connectivity index (χ0n) is 20.4. The van der Waals surface area contributed by atoms with Gasteiger partial charge in [0.25, 0.3) is 5.91 Å². The van der Waals surface area contributed by atoms with Gasteiger partial charge in [0.1, 0.15) is 11.5 Å². The smallest absolute Gasteiger partial charge is 0.341 e. The van der Waals surface area contributed by atoms with E-state index < -0.39 is 30.5 Å². The highest BCUT2D eigenvalue weighted by Gasteiger charge is 2.32. The number of hydrazone groups is 1. The topological polar surface area (TPSA) is 148 Å². The number of esters is 1. The van der Waals surface area contributed by atoms with Crippen molar-refractivity contribution >= 4 is 57.3 Å². The van der Waals surface area contributed by atoms with Crippen LogP contribution < -0.4 is 25.5 Å². The number of thiocarbonyl (C=S) groups is 1. The van der Waals surface area contributed by atoms with Crippen molar-refractivity contribution in [3.05, 3.63) is 69.3 Å². The molecule has 0 aromatic heterocycles. The van der Waals surface area contributed by atoms with Gasteiger partial charge in [-0.2, -0.15) is 5.10 Å². The fourth-order valence-electron chi connectivity index (χ4n) is 3.47. The van der Waals surface area contributed by atoms with Gasteiger partial charge in [0.15, 0.2) is 18.3 Å². The van der Waals surface area contributed by atoms with Crippen LogP contribution in [-0.4, -0.2) is 54.1 Å². The molecule has 200 valence electrons. The average molecular weight is 605 g/mol. The summed E-state index contributed by atoms with van der Waals surface area (Å²) in [5, 5.41) is 19.0. The van der Waals surface area contributed by atoms with Crippen molar-refractivity contribution in [2.24, 2.45) is 5.10 Å². The number of carboxylic acids is 1. The molecule has 2 aromatic carbocycles. The number of rotatable bonds is 11. The maximum atomic E-state index is 12.7. The summed E-state index contributed by atoms with van der Waals surface area (Å²) in [5.41, 5.74) is 4.54. The van der Waals surface area contributed by atoms with E-state index in [1.807, 2.05) is 0 Å². The van der Waals surface area contributed by atoms with E-state index in [0.717, 1.165) is 0 Å². The van der Waals surface area contributed by atoms with Crippen molar-refractivity contribution in [3.8, 4) is 11.5 Å². The summed E-state index contributed by atoms with van der Waals surface area (Å²) in [6.45, 7) is 2.86. The van der Waals surface area contributed by atoms with Crippen LogP contribution in [0.25, 0.3) is 0 Å². The molecule has 11 nitrogen and oxygen atoms in total. The largest absolute Gasteiger partial charge is 0.483 e. The van der Waals surface area contributed by atoms with E-state index in [0.29, 0.717) is 43.5 Å². The Hall–Kier alpha value is -3.97. The molecule has 4 N–H and O–H groups in total. The lowest BCUT2D eigenvalue weighted by Crippen LogP contribution is -2.45. The number of halogens is 1. The predicted molar refractivity (Wildman–Crippen MR) is 146 cm³/mol. The molecule has 1 heterocycles. The summed E-state index contributed by atoms with van der Waals surface area (Å²) in [7, 11) is 0. The Balaban J connectivity index is 1.65. The molecule has 0 spiro atoms. The van der Waals surface area contributed by atoms with E-state index >= 15 is 0 Å². The molecule has 38 heavy (non-hydrogen) atoms. The van der Waals surface area contributed by atoms with Crippen LogP contribution >= 0.6 is 28.1 Å². The fourth-order valence-corrected chi connectivity index (χ4v) is 4.25. The van der Waals surface area contributed by atoms with Gasteiger partial charge in [0.2, 0.25) is 0 Å². The van der Waals surface area contributed by atoms with Crippen LogP contribution in [0.1, 0.15) is 31.0 Å². The zero-order valence-corrected chi connectivity index (χ0v) is 22.9. The number of para-hydroxylation sites is 1. The average Bonchev–Trinajstić information content (AvgIpc) is 2.86. The lowest BCUT2D eigenvalue weighted by atomic mass is 9.95. The van der Waals surface area contributed by atoms with Gasteiger partial charge in [-0.3, -0.25) is 4.79 Å². The molecule has 1 atom stereocenters. The van der Waals surface area contributed by atoms with Crippen LogP contribution in [0.15, 0.2) is 63.3 Å². The Morgan fingerprint density at radius 1 is 1.16 bits per heavy atom. The number of carbonyl (C=O) groups excluding carboxylic acids is 2. The van der Waals surface area contributed by atoms with Gasteiger partial charge in [0.05, 0.1) is 28.9 Å². The summed E-state index contributed by atoms with van der Waals surface area (Å²) in [6, 6.07) is 11.2. The van der Waals surface area contributed by atoms with Gasteiger partial charge in [-0.05, 0) is 71.8 Å². The van der Waals surface area contributed by atoms with E-state index in [4.69, 9.17) is 31.5 Å². The third kappa shape index (κ3) is 7.76. The van der Waals surface area contributed by atoms with Crippen molar-refractivity contribution in [2.45, 2.75) is 19.9 Å². The van der Waals surface area contributed by atoms with Gasteiger partial charge >= 0.3 is 11.9 Å². The molecule has 1 aliphatic heterocycles. The predicted octanol–water partition coefficient (Wildman–Crippen LogP) is 2.80. The molecular formula is C25H25BrN4O7S. The minimum Gasteiger partial charge on any atom is -0.483 e. The highest BCUT2D eigenvalue weighted by atomic mass is 79.9. The van der Waals surface area contributed by atoms with Crippen molar-refractivity contribution in [3.63, 3.8) is 0 Å². The quantitative estimate of drug-likeness (QED) is 0.131. The number of carbonyl (C=O) groups is 3. The van der Waals surface area contributed by atoms with Gasteiger partial charge in [-0.25, -0.2) is 15.0 Å². The molecule has 1 amide bonds. The van der Waals surface area contributed by atoms with E-state index in [1.165, 1.54) is 6.21 Å². The van der Waals surface area contributed by atoms with Gasteiger partial charge in [0, 0.05) is 11.3 Å². The number of aliphatic carboxylic acids is 1. The number of carboxylic acid groups (broad SMARTS) is 1. The number of hydrogen-bond acceptors (Lipinski definition) is 8. The Kier molecular flexibility index (Phi) is 10.2. The number of nitrogens with one attached hydrogen (secondary N) is 3. The molecule has 3 rings (SSSR count). The Morgan fingerprint density at radius 2 is 1.89 bits per heavy atom. The number of hydrogen-bond donors (Lipinski definition) is 4. The second-order valence-electron chi connectivity index (χ2n) is 7.78. The lowest BCUT2D eigenvalue weighted by molar-refractivity contribution is -0.140. The first-order valence-electron chi connectivity index (χ1n) is 11.3. The van der Waals surface area contributed by atoms with Crippen molar-refractivity contribution in [1.29, 1.82) is 0 Å². The minimum absolute atomic E-state index is 0.214. The Labute approximate surface area is 232 Å². The first-order valence-corrected chi connectivity index (χ1v) is 12.5. The Morgan fingerprint density at radius 3 is 2.61 bits per heavy atom. The number of nitrogens with zero attached hydrogens (tertiary/aromatic N) is 1. The van der Waals surface area contributed by atoms with Gasteiger partial charge in [-0.1, -0.05) is 18.2 Å². The first-order chi connectivity index (χ1) is 18.2. The molecule has 0 bridgehead atoms. The molecule has 0 saturated heterocycles. The first kappa shape index (κ1) is 28.6. The highest BCUT2D eigenvalue weighted by Crippen LogP contribution is 2.33. The second-order valence-corrected chi connectivity index (χ2v) is 9.05. The third-order valence-electron chi connectivity index (χ3n) is 5.06. The van der Waals surface area contributed by atoms with Crippen LogP contribution in [0.5, 0.6) is 11.5 Å². The summed E-state index contributed by atoms with van der Waals surface area (Å²) in [6.07, 6.45) is 1.41. The van der Waals surface area contributed by atoms with Gasteiger partial charge < -0.3 is 30.0 Å². The fraction of sp³-hybridized carbons (Fsp3) is 0.240. The molecule has 2 aromatic rings. The number of allylic oxidation sites excluding steroid dienone is 1. The molecule has 0 aliphatic carbocycles. The second kappa shape index (κ2) is 13.5. The minimum atomic E-state index is -1.09. The lowest BCUT2D eigenvalue weighted by Gasteiger charge is -2.30. The van der Waals surface area contributed by atoms with E-state index in [1.54, 1.807) is 56.3 Å². The van der Waals surface area contributed by atoms with E-state index in [9.17, 15) is 14.4 Å². The number of amides is 1. The summed E-state index contributed by atoms with van der Waals surface area (Å²) in [4.78, 5) is 35.7. The van der Waals surface area contributed by atoms with Crippen molar-refractivity contribution in [2.75, 3.05) is 19.8 Å². The molecular weight excluding hydrogens is 580 g/mol. The maximum Gasteiger partial charge on any atom is 0.341 e. The molecule has 13 heteroatoms. The normalized spacial score (nSPS) is 14.9. The monoisotopic (exact) mass is 604 g/mol. The summed E-state index contributed by atoms with van der Waals surface area (Å²) in [5.74, 6) is -1.35. The van der Waals surface area contributed by atoms with Crippen LogP contribution in [0.3, 0.4) is 0 Å². The third-order valence-corrected chi connectivity index (χ3v) is 5.90. The SMILES string of the molecule is CCOC(=O)C1=C(C)NC(=S)N[C@@H]1c1ccccc1OCC(=O)NN=Cc1ccc(OCC(=O)O)c(Br)c1. The molecule has 0 saturated carbocycles. The van der Waals surface area contributed by atoms with Crippen molar-refractivity contribution < 1.29 is 33.7 Å². The summed E-state index contributed by atoms with van der Waals surface area (Å²) < 4.78 is 16.7. The Bertz CT molecular complexity index is 1300. The van der Waals surface area contributed by atoms with Crippen LogP contribution in [-0.2, 0) is 19.1 Å². The van der Waals surface area contributed by atoms with Crippen LogP contribution in [0, 0.1) is 0 Å². The van der Waals surface area contributed by atoms with E-state index in [-0.39, 0.29) is 13.2 Å². The van der Waals surface area contributed by atoms with E-state index in [2.05, 4.69) is 37.1 Å². The molecule has 0 unspecified atom stereocenters. The maximum absolute atomic E-state index is 12.7. The zero-order chi connectivity index (χ0) is 27.7. The standard InChI is InChI=1S/C25H25BrN4O7S/c1-3-35-24(34)22-14(2)28-25(38)29-23(22)16-6-4-5-7-18(16)36-12-20(31)30-27-11-15-8-9-19(17(26)10-15)37-13-21(32)33/h4-11,23H,3,12-13H2,1-2H3,(H,30,31)(H,32,33)(H2,28,29,38)/t23-/m1/s1.